The lowest BCUT2D eigenvalue weighted by Gasteiger charge is -2.24. The molecule has 1 aromatic carbocycles. The van der Waals surface area contributed by atoms with E-state index in [1.54, 1.807) is 6.07 Å². The first-order valence-electron chi connectivity index (χ1n) is 5.02. The Kier molecular flexibility index (Phi) is 3.36. The summed E-state index contributed by atoms with van der Waals surface area (Å²) in [4.78, 5) is 11.7. The molecule has 0 spiro atoms. The molecule has 5 heteroatoms. The fraction of sp³-hybridized carbons (Fsp3) is 0.364. The van der Waals surface area contributed by atoms with E-state index in [1.165, 1.54) is 6.26 Å². The van der Waals surface area contributed by atoms with E-state index in [0.717, 1.165) is 17.5 Å². The summed E-state index contributed by atoms with van der Waals surface area (Å²) >= 11 is -1.29. The molecule has 4 nitrogen and oxygen atoms in total. The number of hydrogen-bond acceptors (Lipinski definition) is 3. The molecular formula is C11H13NO3S. The average molecular weight is 239 g/mol. The molecule has 1 aliphatic rings. The maximum absolute atomic E-state index is 11.7. The average Bonchev–Trinajstić information content (AvgIpc) is 2.26. The van der Waals surface area contributed by atoms with Crippen molar-refractivity contribution < 1.29 is 13.2 Å². The Balaban J connectivity index is 2.09. The molecular weight excluding hydrogens is 226 g/mol. The van der Waals surface area contributed by atoms with Crippen LogP contribution in [0.4, 0.5) is 0 Å². The standard InChI is InChI=1S/C11H13NO3S/c1-16(14)15-7-9-6-8-4-2-3-5-10(8)11(13)12-9/h2-5,9H,6-7H2,1H3,(H,12,13). The van der Waals surface area contributed by atoms with Crippen molar-refractivity contribution in [3.63, 3.8) is 0 Å². The lowest BCUT2D eigenvalue weighted by atomic mass is 9.96. The van der Waals surface area contributed by atoms with Gasteiger partial charge in [0.05, 0.1) is 12.6 Å². The molecule has 1 amide bonds. The molecule has 2 rings (SSSR count). The Morgan fingerprint density at radius 1 is 1.50 bits per heavy atom. The minimum atomic E-state index is -1.29. The Morgan fingerprint density at radius 3 is 3.00 bits per heavy atom. The smallest absolute Gasteiger partial charge is 0.251 e. The molecule has 0 fully saturated rings. The highest BCUT2D eigenvalue weighted by atomic mass is 32.2. The minimum Gasteiger partial charge on any atom is -0.347 e. The van der Waals surface area contributed by atoms with Crippen molar-refractivity contribution in [2.75, 3.05) is 12.9 Å². The normalized spacial score (nSPS) is 21.1. The summed E-state index contributed by atoms with van der Waals surface area (Å²) in [5, 5.41) is 2.83. The number of nitrogens with one attached hydrogen (secondary N) is 1. The summed E-state index contributed by atoms with van der Waals surface area (Å²) in [6.45, 7) is 0.281. The second-order valence-corrected chi connectivity index (χ2v) is 4.76. The molecule has 0 bridgehead atoms. The fourth-order valence-electron chi connectivity index (χ4n) is 1.78. The van der Waals surface area contributed by atoms with Crippen molar-refractivity contribution in [2.24, 2.45) is 0 Å². The van der Waals surface area contributed by atoms with Gasteiger partial charge in [0.25, 0.3) is 5.91 Å². The van der Waals surface area contributed by atoms with Crippen LogP contribution in [0.1, 0.15) is 15.9 Å². The lowest BCUT2D eigenvalue weighted by Crippen LogP contribution is -2.44. The number of benzene rings is 1. The number of amides is 1. The molecule has 0 saturated carbocycles. The highest BCUT2D eigenvalue weighted by molar-refractivity contribution is 7.79. The largest absolute Gasteiger partial charge is 0.347 e. The highest BCUT2D eigenvalue weighted by Gasteiger charge is 2.23. The summed E-state index contributed by atoms with van der Waals surface area (Å²) in [5.74, 6) is -0.0858. The van der Waals surface area contributed by atoms with Crippen molar-refractivity contribution in [1.82, 2.24) is 5.32 Å². The number of hydrogen-bond donors (Lipinski definition) is 1. The first-order chi connectivity index (χ1) is 7.66. The van der Waals surface area contributed by atoms with E-state index in [9.17, 15) is 9.00 Å². The van der Waals surface area contributed by atoms with Crippen LogP contribution in [0.2, 0.25) is 0 Å². The van der Waals surface area contributed by atoms with Crippen LogP contribution in [0.5, 0.6) is 0 Å². The molecule has 86 valence electrons. The quantitative estimate of drug-likeness (QED) is 0.842. The summed E-state index contributed by atoms with van der Waals surface area (Å²) in [6.07, 6.45) is 2.19. The predicted octanol–water partition coefficient (Wildman–Crippen LogP) is 0.651. The Morgan fingerprint density at radius 2 is 2.25 bits per heavy atom. The monoisotopic (exact) mass is 239 g/mol. The van der Waals surface area contributed by atoms with Gasteiger partial charge in [-0.2, -0.15) is 0 Å². The molecule has 0 saturated heterocycles. The van der Waals surface area contributed by atoms with Gasteiger partial charge in [0.1, 0.15) is 0 Å². The molecule has 2 unspecified atom stereocenters. The lowest BCUT2D eigenvalue weighted by molar-refractivity contribution is 0.0910. The second kappa shape index (κ2) is 4.76. The van der Waals surface area contributed by atoms with E-state index in [0.29, 0.717) is 0 Å². The number of fused-ring (bicyclic) bond motifs is 1. The van der Waals surface area contributed by atoms with Crippen LogP contribution in [-0.4, -0.2) is 29.0 Å². The first-order valence-corrected chi connectivity index (χ1v) is 6.50. The van der Waals surface area contributed by atoms with Crippen molar-refractivity contribution >= 4 is 17.0 Å². The van der Waals surface area contributed by atoms with Gasteiger partial charge in [-0.05, 0) is 18.1 Å². The number of carbonyl (C=O) groups excluding carboxylic acids is 1. The zero-order valence-corrected chi connectivity index (χ0v) is 9.75. The van der Waals surface area contributed by atoms with E-state index in [4.69, 9.17) is 4.18 Å². The van der Waals surface area contributed by atoms with Crippen LogP contribution in [0.15, 0.2) is 24.3 Å². The van der Waals surface area contributed by atoms with E-state index in [-0.39, 0.29) is 18.6 Å². The van der Waals surface area contributed by atoms with Crippen LogP contribution < -0.4 is 5.32 Å². The molecule has 1 aromatic rings. The van der Waals surface area contributed by atoms with Crippen molar-refractivity contribution in [3.05, 3.63) is 35.4 Å². The van der Waals surface area contributed by atoms with Gasteiger partial charge in [0.15, 0.2) is 11.1 Å². The molecule has 16 heavy (non-hydrogen) atoms. The predicted molar refractivity (Wildman–Crippen MR) is 61.4 cm³/mol. The Bertz CT molecular complexity index is 433. The third kappa shape index (κ3) is 2.48. The van der Waals surface area contributed by atoms with Crippen LogP contribution in [-0.2, 0) is 21.7 Å². The van der Waals surface area contributed by atoms with Crippen LogP contribution in [0, 0.1) is 0 Å². The highest BCUT2D eigenvalue weighted by Crippen LogP contribution is 2.16. The van der Waals surface area contributed by atoms with E-state index in [2.05, 4.69) is 5.32 Å². The van der Waals surface area contributed by atoms with Gasteiger partial charge < -0.3 is 5.32 Å². The third-order valence-electron chi connectivity index (χ3n) is 2.50. The summed E-state index contributed by atoms with van der Waals surface area (Å²) < 4.78 is 15.8. The zero-order chi connectivity index (χ0) is 11.5. The van der Waals surface area contributed by atoms with E-state index >= 15 is 0 Å². The summed E-state index contributed by atoms with van der Waals surface area (Å²) in [7, 11) is 0. The van der Waals surface area contributed by atoms with Gasteiger partial charge in [-0.3, -0.25) is 8.98 Å². The van der Waals surface area contributed by atoms with Gasteiger partial charge in [-0.1, -0.05) is 18.2 Å². The summed E-state index contributed by atoms with van der Waals surface area (Å²) in [6, 6.07) is 7.40. The Hall–Kier alpha value is -1.20. The van der Waals surface area contributed by atoms with Gasteiger partial charge >= 0.3 is 0 Å². The molecule has 1 aliphatic heterocycles. The fourth-order valence-corrected chi connectivity index (χ4v) is 2.13. The van der Waals surface area contributed by atoms with Gasteiger partial charge in [-0.25, -0.2) is 4.21 Å². The molecule has 0 radical (unpaired) electrons. The molecule has 1 heterocycles. The minimum absolute atomic E-state index is 0.0858. The van der Waals surface area contributed by atoms with Crippen molar-refractivity contribution in [3.8, 4) is 0 Å². The van der Waals surface area contributed by atoms with E-state index < -0.39 is 11.1 Å². The van der Waals surface area contributed by atoms with Crippen LogP contribution in [0.25, 0.3) is 0 Å². The summed E-state index contributed by atoms with van der Waals surface area (Å²) in [5.41, 5.74) is 1.73. The topological polar surface area (TPSA) is 55.4 Å². The maximum atomic E-state index is 11.7. The SMILES string of the molecule is CS(=O)OCC1Cc2ccccc2C(=O)N1. The van der Waals surface area contributed by atoms with Crippen molar-refractivity contribution in [2.45, 2.75) is 12.5 Å². The molecule has 1 N–H and O–H groups in total. The van der Waals surface area contributed by atoms with Gasteiger partial charge in [0, 0.05) is 11.8 Å². The van der Waals surface area contributed by atoms with Gasteiger partial charge in [-0.15, -0.1) is 0 Å². The number of rotatable bonds is 3. The second-order valence-electron chi connectivity index (χ2n) is 3.72. The molecule has 0 aliphatic carbocycles. The Labute approximate surface area is 96.7 Å². The zero-order valence-electron chi connectivity index (χ0n) is 8.93. The maximum Gasteiger partial charge on any atom is 0.251 e. The van der Waals surface area contributed by atoms with Crippen LogP contribution >= 0.6 is 0 Å². The van der Waals surface area contributed by atoms with Gasteiger partial charge in [0.2, 0.25) is 0 Å². The first kappa shape index (κ1) is 11.3. The number of carbonyl (C=O) groups is 1. The van der Waals surface area contributed by atoms with Crippen LogP contribution in [0.3, 0.4) is 0 Å². The molecule has 0 aromatic heterocycles. The van der Waals surface area contributed by atoms with E-state index in [1.807, 2.05) is 18.2 Å². The molecule has 2 atom stereocenters. The van der Waals surface area contributed by atoms with Crippen molar-refractivity contribution in [1.29, 1.82) is 0 Å². The third-order valence-corrected chi connectivity index (χ3v) is 2.97.